The molecule has 0 saturated carbocycles. The van der Waals surface area contributed by atoms with E-state index in [0.29, 0.717) is 0 Å². The number of aryl methyl sites for hydroxylation is 2. The molecule has 3 aromatic rings. The number of carbonyl (C=O) groups excluding carboxylic acids is 1. The predicted molar refractivity (Wildman–Crippen MR) is 94.9 cm³/mol. The van der Waals surface area contributed by atoms with Crippen LogP contribution in [0.1, 0.15) is 34.8 Å². The van der Waals surface area contributed by atoms with Gasteiger partial charge in [-0.05, 0) is 36.4 Å². The highest BCUT2D eigenvalue weighted by Gasteiger charge is 2.07. The lowest BCUT2D eigenvalue weighted by Gasteiger charge is -2.04. The van der Waals surface area contributed by atoms with E-state index < -0.39 is 0 Å². The SMILES string of the molecule is Cn1c(CCCCCNC(=O)c2cccs2)nc2ccccc21. The van der Waals surface area contributed by atoms with E-state index in [1.165, 1.54) is 16.9 Å². The largest absolute Gasteiger partial charge is 0.351 e. The van der Waals surface area contributed by atoms with Crippen molar-refractivity contribution in [2.24, 2.45) is 7.05 Å². The van der Waals surface area contributed by atoms with Crippen LogP contribution in [-0.4, -0.2) is 22.0 Å². The summed E-state index contributed by atoms with van der Waals surface area (Å²) in [6.45, 7) is 0.735. The Bertz CT molecular complexity index is 777. The maximum Gasteiger partial charge on any atom is 0.261 e. The molecule has 2 aromatic heterocycles. The molecule has 0 unspecified atom stereocenters. The fourth-order valence-corrected chi connectivity index (χ4v) is 3.34. The third-order valence-electron chi connectivity index (χ3n) is 3.99. The highest BCUT2D eigenvalue weighted by Crippen LogP contribution is 2.16. The molecule has 5 heteroatoms. The Morgan fingerprint density at radius 1 is 1.17 bits per heavy atom. The van der Waals surface area contributed by atoms with E-state index in [0.717, 1.165) is 48.4 Å². The minimum Gasteiger partial charge on any atom is -0.351 e. The third kappa shape index (κ3) is 3.79. The number of para-hydroxylation sites is 2. The molecular formula is C18H21N3OS. The number of carbonyl (C=O) groups is 1. The summed E-state index contributed by atoms with van der Waals surface area (Å²) >= 11 is 1.48. The number of imidazole rings is 1. The van der Waals surface area contributed by atoms with Crippen LogP contribution in [0.25, 0.3) is 11.0 Å². The van der Waals surface area contributed by atoms with Gasteiger partial charge in [0.2, 0.25) is 0 Å². The molecule has 2 heterocycles. The molecule has 1 N–H and O–H groups in total. The number of amides is 1. The zero-order valence-electron chi connectivity index (χ0n) is 13.3. The highest BCUT2D eigenvalue weighted by molar-refractivity contribution is 7.12. The average Bonchev–Trinajstić information content (AvgIpc) is 3.20. The number of rotatable bonds is 7. The number of aromatic nitrogens is 2. The molecule has 120 valence electrons. The van der Waals surface area contributed by atoms with Crippen LogP contribution in [0.4, 0.5) is 0 Å². The number of nitrogens with one attached hydrogen (secondary N) is 1. The van der Waals surface area contributed by atoms with Crippen molar-refractivity contribution in [1.29, 1.82) is 0 Å². The van der Waals surface area contributed by atoms with Gasteiger partial charge in [0.1, 0.15) is 5.82 Å². The summed E-state index contributed by atoms with van der Waals surface area (Å²) in [5.41, 5.74) is 2.25. The van der Waals surface area contributed by atoms with Gasteiger partial charge in [0.25, 0.3) is 5.91 Å². The van der Waals surface area contributed by atoms with Crippen molar-refractivity contribution in [1.82, 2.24) is 14.9 Å². The molecule has 0 bridgehead atoms. The summed E-state index contributed by atoms with van der Waals surface area (Å²) in [5, 5.41) is 4.89. The molecule has 0 atom stereocenters. The van der Waals surface area contributed by atoms with Crippen LogP contribution in [0.5, 0.6) is 0 Å². The molecule has 0 fully saturated rings. The Labute approximate surface area is 140 Å². The summed E-state index contributed by atoms with van der Waals surface area (Å²) in [6.07, 6.45) is 4.16. The van der Waals surface area contributed by atoms with Crippen molar-refractivity contribution in [3.63, 3.8) is 0 Å². The van der Waals surface area contributed by atoms with E-state index in [1.54, 1.807) is 0 Å². The summed E-state index contributed by atoms with van der Waals surface area (Å²) in [5.74, 6) is 1.17. The zero-order chi connectivity index (χ0) is 16.1. The van der Waals surface area contributed by atoms with E-state index in [2.05, 4.69) is 34.0 Å². The van der Waals surface area contributed by atoms with Gasteiger partial charge >= 0.3 is 0 Å². The lowest BCUT2D eigenvalue weighted by molar-refractivity contribution is 0.0957. The van der Waals surface area contributed by atoms with Crippen LogP contribution in [0.2, 0.25) is 0 Å². The maximum absolute atomic E-state index is 11.8. The molecule has 0 aliphatic heterocycles. The Morgan fingerprint density at radius 3 is 2.83 bits per heavy atom. The molecule has 1 aromatic carbocycles. The van der Waals surface area contributed by atoms with E-state index in [4.69, 9.17) is 0 Å². The Hall–Kier alpha value is -2.14. The van der Waals surface area contributed by atoms with Gasteiger partial charge in [-0.1, -0.05) is 24.6 Å². The smallest absolute Gasteiger partial charge is 0.261 e. The van der Waals surface area contributed by atoms with Crippen molar-refractivity contribution in [3.8, 4) is 0 Å². The third-order valence-corrected chi connectivity index (χ3v) is 4.86. The molecular weight excluding hydrogens is 306 g/mol. The standard InChI is InChI=1S/C18H21N3OS/c1-21-15-9-5-4-8-14(15)20-17(21)11-3-2-6-12-19-18(22)16-10-7-13-23-16/h4-5,7-10,13H,2-3,6,11-12H2,1H3,(H,19,22). The minimum atomic E-state index is 0.0374. The van der Waals surface area contributed by atoms with Gasteiger partial charge in [0.15, 0.2) is 0 Å². The van der Waals surface area contributed by atoms with Crippen LogP contribution < -0.4 is 5.32 Å². The first-order valence-corrected chi connectivity index (χ1v) is 8.86. The molecule has 0 radical (unpaired) electrons. The van der Waals surface area contributed by atoms with Gasteiger partial charge in [-0.2, -0.15) is 0 Å². The second-order valence-electron chi connectivity index (χ2n) is 5.62. The van der Waals surface area contributed by atoms with Crippen LogP contribution in [0.15, 0.2) is 41.8 Å². The summed E-state index contributed by atoms with van der Waals surface area (Å²) in [6, 6.07) is 12.0. The van der Waals surface area contributed by atoms with E-state index in [9.17, 15) is 4.79 Å². The number of hydrogen-bond donors (Lipinski definition) is 1. The minimum absolute atomic E-state index is 0.0374. The predicted octanol–water partition coefficient (Wildman–Crippen LogP) is 3.78. The van der Waals surface area contributed by atoms with Gasteiger partial charge in [0.05, 0.1) is 15.9 Å². The molecule has 3 rings (SSSR count). The van der Waals surface area contributed by atoms with Crippen molar-refractivity contribution in [3.05, 3.63) is 52.5 Å². The number of hydrogen-bond acceptors (Lipinski definition) is 3. The van der Waals surface area contributed by atoms with Gasteiger partial charge in [-0.3, -0.25) is 4.79 Å². The van der Waals surface area contributed by atoms with Gasteiger partial charge in [-0.25, -0.2) is 4.98 Å². The number of benzene rings is 1. The quantitative estimate of drug-likeness (QED) is 0.671. The van der Waals surface area contributed by atoms with Gasteiger partial charge in [-0.15, -0.1) is 11.3 Å². The fraction of sp³-hybridized carbons (Fsp3) is 0.333. The lowest BCUT2D eigenvalue weighted by atomic mass is 10.2. The van der Waals surface area contributed by atoms with E-state index in [-0.39, 0.29) is 5.91 Å². The maximum atomic E-state index is 11.8. The van der Waals surface area contributed by atoms with Gasteiger partial charge in [0, 0.05) is 20.0 Å². The topological polar surface area (TPSA) is 46.9 Å². The zero-order valence-corrected chi connectivity index (χ0v) is 14.1. The first-order valence-electron chi connectivity index (χ1n) is 7.98. The van der Waals surface area contributed by atoms with Crippen molar-refractivity contribution in [2.75, 3.05) is 6.54 Å². The van der Waals surface area contributed by atoms with Crippen LogP contribution in [0.3, 0.4) is 0 Å². The first kappa shape index (κ1) is 15.7. The Kier molecular flexibility index (Phi) is 5.08. The monoisotopic (exact) mass is 327 g/mol. The van der Waals surface area contributed by atoms with Crippen molar-refractivity contribution in [2.45, 2.75) is 25.7 Å². The lowest BCUT2D eigenvalue weighted by Crippen LogP contribution is -2.23. The fourth-order valence-electron chi connectivity index (χ4n) is 2.70. The second kappa shape index (κ2) is 7.42. The van der Waals surface area contributed by atoms with Crippen LogP contribution in [-0.2, 0) is 13.5 Å². The van der Waals surface area contributed by atoms with Crippen molar-refractivity contribution < 1.29 is 4.79 Å². The molecule has 0 saturated heterocycles. The number of fused-ring (bicyclic) bond motifs is 1. The molecule has 4 nitrogen and oxygen atoms in total. The molecule has 23 heavy (non-hydrogen) atoms. The first-order chi connectivity index (χ1) is 11.3. The molecule has 0 aliphatic rings. The highest BCUT2D eigenvalue weighted by atomic mass is 32.1. The second-order valence-corrected chi connectivity index (χ2v) is 6.57. The molecule has 0 aliphatic carbocycles. The Morgan fingerprint density at radius 2 is 2.04 bits per heavy atom. The summed E-state index contributed by atoms with van der Waals surface area (Å²) < 4.78 is 2.17. The van der Waals surface area contributed by atoms with E-state index in [1.807, 2.05) is 29.6 Å². The number of thiophene rings is 1. The van der Waals surface area contributed by atoms with Crippen molar-refractivity contribution >= 4 is 28.3 Å². The van der Waals surface area contributed by atoms with Crippen LogP contribution >= 0.6 is 11.3 Å². The molecule has 1 amide bonds. The van der Waals surface area contributed by atoms with E-state index >= 15 is 0 Å². The summed E-state index contributed by atoms with van der Waals surface area (Å²) in [7, 11) is 2.08. The average molecular weight is 327 g/mol. The number of unbranched alkanes of at least 4 members (excludes halogenated alkanes) is 2. The molecule has 0 spiro atoms. The Balaban J connectivity index is 1.39. The number of nitrogens with zero attached hydrogens (tertiary/aromatic N) is 2. The summed E-state index contributed by atoms with van der Waals surface area (Å²) in [4.78, 5) is 17.3. The van der Waals surface area contributed by atoms with Crippen LogP contribution in [0, 0.1) is 0 Å². The van der Waals surface area contributed by atoms with Gasteiger partial charge < -0.3 is 9.88 Å². The normalized spacial score (nSPS) is 11.0.